The number of carbonyl (C=O) groups excluding carboxylic acids is 1. The van der Waals surface area contributed by atoms with Crippen LogP contribution in [0.15, 0.2) is 35.0 Å². The van der Waals surface area contributed by atoms with Gasteiger partial charge in [0.2, 0.25) is 0 Å². The molecule has 16 heavy (non-hydrogen) atoms. The normalized spacial score (nSPS) is 10.1. The van der Waals surface area contributed by atoms with E-state index in [1.807, 2.05) is 5.38 Å². The molecule has 1 amide bonds. The van der Waals surface area contributed by atoms with Gasteiger partial charge < -0.3 is 10.4 Å². The Morgan fingerprint density at radius 2 is 2.19 bits per heavy atom. The SMILES string of the molecule is O=C(Nc1ccsc1)c1ccc(F)cc1O. The first-order valence-corrected chi connectivity index (χ1v) is 5.43. The lowest BCUT2D eigenvalue weighted by molar-refractivity contribution is 0.102. The Balaban J connectivity index is 2.21. The van der Waals surface area contributed by atoms with Gasteiger partial charge >= 0.3 is 0 Å². The topological polar surface area (TPSA) is 49.3 Å². The molecule has 5 heteroatoms. The van der Waals surface area contributed by atoms with E-state index in [4.69, 9.17) is 0 Å². The van der Waals surface area contributed by atoms with Crippen molar-refractivity contribution in [3.05, 3.63) is 46.4 Å². The van der Waals surface area contributed by atoms with Crippen LogP contribution in [0.5, 0.6) is 5.75 Å². The van der Waals surface area contributed by atoms with Gasteiger partial charge in [0.1, 0.15) is 11.6 Å². The molecule has 0 atom stereocenters. The number of rotatable bonds is 2. The van der Waals surface area contributed by atoms with Crippen molar-refractivity contribution in [3.8, 4) is 5.75 Å². The summed E-state index contributed by atoms with van der Waals surface area (Å²) in [6, 6.07) is 5.01. The third-order valence-corrected chi connectivity index (χ3v) is 2.67. The van der Waals surface area contributed by atoms with E-state index in [0.717, 1.165) is 12.1 Å². The predicted octanol–water partition coefficient (Wildman–Crippen LogP) is 2.85. The number of aromatic hydroxyl groups is 1. The lowest BCUT2D eigenvalue weighted by atomic mass is 10.2. The first kappa shape index (κ1) is 10.6. The molecule has 0 spiro atoms. The Hall–Kier alpha value is -1.88. The lowest BCUT2D eigenvalue weighted by Gasteiger charge is -2.04. The number of hydrogen-bond donors (Lipinski definition) is 2. The molecule has 3 nitrogen and oxygen atoms in total. The highest BCUT2D eigenvalue weighted by molar-refractivity contribution is 7.08. The van der Waals surface area contributed by atoms with Gasteiger partial charge in [0, 0.05) is 11.4 Å². The molecule has 2 N–H and O–H groups in total. The Morgan fingerprint density at radius 3 is 2.81 bits per heavy atom. The van der Waals surface area contributed by atoms with Crippen LogP contribution in [0.2, 0.25) is 0 Å². The fourth-order valence-electron chi connectivity index (χ4n) is 1.23. The molecule has 0 fully saturated rings. The molecule has 0 unspecified atom stereocenters. The highest BCUT2D eigenvalue weighted by Gasteiger charge is 2.11. The summed E-state index contributed by atoms with van der Waals surface area (Å²) in [4.78, 5) is 11.7. The molecule has 0 saturated heterocycles. The minimum atomic E-state index is -0.579. The molecule has 82 valence electrons. The predicted molar refractivity (Wildman–Crippen MR) is 60.3 cm³/mol. The average Bonchev–Trinajstić information content (AvgIpc) is 2.70. The van der Waals surface area contributed by atoms with Crippen molar-refractivity contribution >= 4 is 22.9 Å². The van der Waals surface area contributed by atoms with Crippen molar-refractivity contribution in [1.29, 1.82) is 0 Å². The molecule has 0 saturated carbocycles. The maximum Gasteiger partial charge on any atom is 0.259 e. The highest BCUT2D eigenvalue weighted by Crippen LogP contribution is 2.20. The first-order chi connectivity index (χ1) is 7.66. The largest absolute Gasteiger partial charge is 0.507 e. The van der Waals surface area contributed by atoms with E-state index in [1.165, 1.54) is 17.4 Å². The minimum absolute atomic E-state index is 0.0487. The number of phenols is 1. The van der Waals surface area contributed by atoms with Crippen LogP contribution >= 0.6 is 11.3 Å². The fraction of sp³-hybridized carbons (Fsp3) is 0. The van der Waals surface area contributed by atoms with Crippen LogP contribution in [0.4, 0.5) is 10.1 Å². The molecule has 0 aliphatic rings. The van der Waals surface area contributed by atoms with Gasteiger partial charge in [-0.1, -0.05) is 0 Å². The van der Waals surface area contributed by atoms with E-state index < -0.39 is 11.7 Å². The van der Waals surface area contributed by atoms with E-state index in [-0.39, 0.29) is 11.3 Å². The maximum atomic E-state index is 12.7. The molecule has 1 aromatic carbocycles. The zero-order valence-corrected chi connectivity index (χ0v) is 8.92. The molecule has 0 radical (unpaired) electrons. The van der Waals surface area contributed by atoms with Gasteiger partial charge in [-0.25, -0.2) is 4.39 Å². The van der Waals surface area contributed by atoms with Gasteiger partial charge in [-0.15, -0.1) is 0 Å². The number of thiophene rings is 1. The van der Waals surface area contributed by atoms with Crippen LogP contribution in [-0.2, 0) is 0 Å². The van der Waals surface area contributed by atoms with Crippen molar-refractivity contribution in [2.75, 3.05) is 5.32 Å². The molecule has 1 aromatic heterocycles. The Morgan fingerprint density at radius 1 is 1.38 bits per heavy atom. The van der Waals surface area contributed by atoms with Crippen molar-refractivity contribution in [2.45, 2.75) is 0 Å². The average molecular weight is 237 g/mol. The van der Waals surface area contributed by atoms with E-state index in [0.29, 0.717) is 5.69 Å². The molecular formula is C11H8FNO2S. The summed E-state index contributed by atoms with van der Waals surface area (Å²) < 4.78 is 12.7. The molecule has 0 aliphatic heterocycles. The van der Waals surface area contributed by atoms with Crippen LogP contribution in [-0.4, -0.2) is 11.0 Å². The third kappa shape index (κ3) is 2.20. The van der Waals surface area contributed by atoms with Gasteiger partial charge in [0.05, 0.1) is 11.3 Å². The van der Waals surface area contributed by atoms with E-state index in [1.54, 1.807) is 11.4 Å². The lowest BCUT2D eigenvalue weighted by Crippen LogP contribution is -2.11. The summed E-state index contributed by atoms with van der Waals surface area (Å²) in [6.07, 6.45) is 0. The van der Waals surface area contributed by atoms with Crippen LogP contribution in [0.3, 0.4) is 0 Å². The molecule has 2 aromatic rings. The van der Waals surface area contributed by atoms with Crippen LogP contribution < -0.4 is 5.32 Å². The van der Waals surface area contributed by atoms with Gasteiger partial charge in [0.25, 0.3) is 5.91 Å². The van der Waals surface area contributed by atoms with Crippen molar-refractivity contribution in [3.63, 3.8) is 0 Å². The number of amides is 1. The Kier molecular flexibility index (Phi) is 2.87. The number of phenolic OH excluding ortho intramolecular Hbond substituents is 1. The fourth-order valence-corrected chi connectivity index (χ4v) is 1.82. The van der Waals surface area contributed by atoms with Crippen LogP contribution in [0.1, 0.15) is 10.4 Å². The minimum Gasteiger partial charge on any atom is -0.507 e. The third-order valence-electron chi connectivity index (χ3n) is 1.98. The molecule has 0 aliphatic carbocycles. The summed E-state index contributed by atoms with van der Waals surface area (Å²) in [5.41, 5.74) is 0.700. The number of carbonyl (C=O) groups is 1. The van der Waals surface area contributed by atoms with Crippen LogP contribution in [0, 0.1) is 5.82 Å². The quantitative estimate of drug-likeness (QED) is 0.843. The molecule has 0 bridgehead atoms. The summed E-state index contributed by atoms with van der Waals surface area (Å²) in [7, 11) is 0. The summed E-state index contributed by atoms with van der Waals surface area (Å²) in [6.45, 7) is 0. The summed E-state index contributed by atoms with van der Waals surface area (Å²) >= 11 is 1.45. The smallest absolute Gasteiger partial charge is 0.259 e. The van der Waals surface area contributed by atoms with Gasteiger partial charge in [-0.3, -0.25) is 4.79 Å². The van der Waals surface area contributed by atoms with Gasteiger partial charge in [-0.05, 0) is 23.6 Å². The first-order valence-electron chi connectivity index (χ1n) is 4.49. The van der Waals surface area contributed by atoms with Crippen molar-refractivity contribution < 1.29 is 14.3 Å². The standard InChI is InChI=1S/C11H8FNO2S/c12-7-1-2-9(10(14)5-7)11(15)13-8-3-4-16-6-8/h1-6,14H,(H,13,15). The zero-order valence-electron chi connectivity index (χ0n) is 8.11. The molecule has 1 heterocycles. The highest BCUT2D eigenvalue weighted by atomic mass is 32.1. The van der Waals surface area contributed by atoms with Gasteiger partial charge in [0.15, 0.2) is 0 Å². The van der Waals surface area contributed by atoms with E-state index >= 15 is 0 Å². The molecule has 2 rings (SSSR count). The van der Waals surface area contributed by atoms with Crippen LogP contribution in [0.25, 0.3) is 0 Å². The monoisotopic (exact) mass is 237 g/mol. The number of halogens is 1. The second kappa shape index (κ2) is 4.32. The van der Waals surface area contributed by atoms with Gasteiger partial charge in [-0.2, -0.15) is 11.3 Å². The van der Waals surface area contributed by atoms with Crippen molar-refractivity contribution in [1.82, 2.24) is 0 Å². The van der Waals surface area contributed by atoms with Crippen molar-refractivity contribution in [2.24, 2.45) is 0 Å². The second-order valence-electron chi connectivity index (χ2n) is 3.13. The number of hydrogen-bond acceptors (Lipinski definition) is 3. The maximum absolute atomic E-state index is 12.7. The number of benzene rings is 1. The van der Waals surface area contributed by atoms with E-state index in [9.17, 15) is 14.3 Å². The summed E-state index contributed by atoms with van der Waals surface area (Å²) in [5, 5.41) is 15.6. The Bertz CT molecular complexity index is 511. The number of anilines is 1. The molecular weight excluding hydrogens is 229 g/mol. The number of nitrogens with one attached hydrogen (secondary N) is 1. The van der Waals surface area contributed by atoms with E-state index in [2.05, 4.69) is 5.32 Å². The Labute approximate surface area is 95.2 Å². The summed E-state index contributed by atoms with van der Waals surface area (Å²) in [5.74, 6) is -1.41. The zero-order chi connectivity index (χ0) is 11.5. The second-order valence-corrected chi connectivity index (χ2v) is 3.91.